The van der Waals surface area contributed by atoms with Gasteiger partial charge >= 0.3 is 0 Å². The molecule has 2 heterocycles. The largest absolute Gasteiger partial charge is 0.399 e. The number of thiophene rings is 1. The van der Waals surface area contributed by atoms with E-state index in [-0.39, 0.29) is 23.6 Å². The standard InChI is InChI=1S/C25H27FN4OS/c1-25(22-14-18(15-32-22)17-8-5-10-20(27)13-17)21(23(31)30(2)24(28)29-25)11-4-7-16-6-3-9-19(26)12-16/h3,5-6,8-10,12-15,21H,4,7,11,27H2,1-2H3,(H2,28,29)/t21?,25-/m0/s1. The number of aryl methyl sites for hydroxylation is 1. The van der Waals surface area contributed by atoms with Gasteiger partial charge in [-0.1, -0.05) is 24.3 Å². The van der Waals surface area contributed by atoms with Gasteiger partial charge in [0.05, 0.1) is 5.92 Å². The van der Waals surface area contributed by atoms with Gasteiger partial charge in [-0.15, -0.1) is 11.3 Å². The van der Waals surface area contributed by atoms with Crippen LogP contribution in [0.2, 0.25) is 0 Å². The molecule has 4 N–H and O–H groups in total. The summed E-state index contributed by atoms with van der Waals surface area (Å²) in [6.45, 7) is 1.98. The fourth-order valence-corrected chi connectivity index (χ4v) is 5.36. The van der Waals surface area contributed by atoms with Crippen LogP contribution < -0.4 is 11.5 Å². The molecule has 0 saturated heterocycles. The number of carbonyl (C=O) groups is 1. The Labute approximate surface area is 191 Å². The Morgan fingerprint density at radius 2 is 1.91 bits per heavy atom. The van der Waals surface area contributed by atoms with E-state index in [1.165, 1.54) is 11.0 Å². The van der Waals surface area contributed by atoms with Gasteiger partial charge in [0.15, 0.2) is 5.96 Å². The monoisotopic (exact) mass is 450 g/mol. The normalized spacial score (nSPS) is 21.0. The molecule has 1 amide bonds. The van der Waals surface area contributed by atoms with Crippen LogP contribution in [0.25, 0.3) is 11.1 Å². The first-order valence-electron chi connectivity index (χ1n) is 10.6. The molecule has 0 fully saturated rings. The first-order chi connectivity index (χ1) is 15.3. The van der Waals surface area contributed by atoms with Crippen molar-refractivity contribution in [3.8, 4) is 11.1 Å². The highest BCUT2D eigenvalue weighted by Crippen LogP contribution is 2.44. The zero-order valence-corrected chi connectivity index (χ0v) is 19.0. The van der Waals surface area contributed by atoms with Gasteiger partial charge in [0.25, 0.3) is 0 Å². The summed E-state index contributed by atoms with van der Waals surface area (Å²) in [5.41, 5.74) is 15.0. The van der Waals surface area contributed by atoms with Crippen LogP contribution in [0.4, 0.5) is 10.1 Å². The second kappa shape index (κ2) is 8.74. The zero-order valence-electron chi connectivity index (χ0n) is 18.2. The van der Waals surface area contributed by atoms with Gasteiger partial charge in [0, 0.05) is 17.6 Å². The summed E-state index contributed by atoms with van der Waals surface area (Å²) in [5.74, 6) is -0.428. The Bertz CT molecular complexity index is 1170. The molecular weight excluding hydrogens is 423 g/mol. The van der Waals surface area contributed by atoms with E-state index in [0.29, 0.717) is 18.5 Å². The molecule has 32 heavy (non-hydrogen) atoms. The molecule has 0 aliphatic carbocycles. The minimum absolute atomic E-state index is 0.0434. The first-order valence-corrected chi connectivity index (χ1v) is 11.5. The minimum Gasteiger partial charge on any atom is -0.399 e. The lowest BCUT2D eigenvalue weighted by atomic mass is 9.78. The molecule has 2 aromatic carbocycles. The molecule has 5 nitrogen and oxygen atoms in total. The number of anilines is 1. The number of nitrogens with two attached hydrogens (primary N) is 2. The third-order valence-electron chi connectivity index (χ3n) is 6.16. The molecule has 0 saturated carbocycles. The number of carbonyl (C=O) groups excluding carboxylic acids is 1. The maximum Gasteiger partial charge on any atom is 0.234 e. The van der Waals surface area contributed by atoms with Crippen LogP contribution in [-0.4, -0.2) is 23.8 Å². The summed E-state index contributed by atoms with van der Waals surface area (Å²) >= 11 is 1.57. The fourth-order valence-electron chi connectivity index (χ4n) is 4.28. The van der Waals surface area contributed by atoms with Crippen molar-refractivity contribution in [1.82, 2.24) is 4.90 Å². The van der Waals surface area contributed by atoms with Crippen molar-refractivity contribution < 1.29 is 9.18 Å². The average molecular weight is 451 g/mol. The lowest BCUT2D eigenvalue weighted by Crippen LogP contribution is -2.53. The fraction of sp³-hybridized carbons (Fsp3) is 0.280. The van der Waals surface area contributed by atoms with Crippen LogP contribution in [0.1, 0.15) is 30.2 Å². The van der Waals surface area contributed by atoms with Crippen LogP contribution in [-0.2, 0) is 16.8 Å². The molecule has 0 bridgehead atoms. The van der Waals surface area contributed by atoms with Gasteiger partial charge < -0.3 is 11.5 Å². The molecule has 1 aliphatic rings. The van der Waals surface area contributed by atoms with Gasteiger partial charge in [-0.3, -0.25) is 9.69 Å². The van der Waals surface area contributed by atoms with Crippen LogP contribution in [0.3, 0.4) is 0 Å². The molecular formula is C25H27FN4OS. The molecule has 0 radical (unpaired) electrons. The molecule has 7 heteroatoms. The van der Waals surface area contributed by atoms with Crippen molar-refractivity contribution in [3.63, 3.8) is 0 Å². The van der Waals surface area contributed by atoms with E-state index in [0.717, 1.165) is 28.0 Å². The summed E-state index contributed by atoms with van der Waals surface area (Å²) < 4.78 is 13.5. The van der Waals surface area contributed by atoms with E-state index in [1.807, 2.05) is 37.3 Å². The Hall–Kier alpha value is -3.19. The van der Waals surface area contributed by atoms with Gasteiger partial charge in [0.2, 0.25) is 5.91 Å². The highest BCUT2D eigenvalue weighted by atomic mass is 32.1. The van der Waals surface area contributed by atoms with Crippen LogP contribution in [0.15, 0.2) is 65.0 Å². The van der Waals surface area contributed by atoms with Crippen molar-refractivity contribution in [2.45, 2.75) is 31.7 Å². The van der Waals surface area contributed by atoms with Crippen molar-refractivity contribution >= 4 is 28.9 Å². The van der Waals surface area contributed by atoms with Crippen LogP contribution in [0, 0.1) is 11.7 Å². The highest BCUT2D eigenvalue weighted by molar-refractivity contribution is 7.10. The second-order valence-electron chi connectivity index (χ2n) is 8.41. The summed E-state index contributed by atoms with van der Waals surface area (Å²) in [7, 11) is 1.66. The maximum atomic E-state index is 13.5. The predicted molar refractivity (Wildman–Crippen MR) is 129 cm³/mol. The van der Waals surface area contributed by atoms with Gasteiger partial charge in [-0.25, -0.2) is 9.38 Å². The lowest BCUT2D eigenvalue weighted by Gasteiger charge is -2.40. The Kier molecular flexibility index (Phi) is 6.02. The number of guanidine groups is 1. The predicted octanol–water partition coefficient (Wildman–Crippen LogP) is 4.78. The summed E-state index contributed by atoms with van der Waals surface area (Å²) in [6.07, 6.45) is 2.06. The SMILES string of the molecule is CN1C(=O)C(CCCc2cccc(F)c2)[C@@](C)(c2cc(-c3cccc(N)c3)cs2)N=C1N. The quantitative estimate of drug-likeness (QED) is 0.530. The number of hydrogen-bond acceptors (Lipinski definition) is 5. The smallest absolute Gasteiger partial charge is 0.234 e. The summed E-state index contributed by atoms with van der Waals surface area (Å²) in [6, 6.07) is 16.4. The summed E-state index contributed by atoms with van der Waals surface area (Å²) in [4.78, 5) is 20.4. The van der Waals surface area contributed by atoms with E-state index >= 15 is 0 Å². The molecule has 0 spiro atoms. The van der Waals surface area contributed by atoms with Gasteiger partial charge in [-0.2, -0.15) is 0 Å². The summed E-state index contributed by atoms with van der Waals surface area (Å²) in [5, 5.41) is 2.06. The van der Waals surface area contributed by atoms with E-state index in [2.05, 4.69) is 11.4 Å². The Morgan fingerprint density at radius 1 is 1.12 bits per heavy atom. The van der Waals surface area contributed by atoms with Gasteiger partial charge in [0.1, 0.15) is 11.4 Å². The van der Waals surface area contributed by atoms with Crippen molar-refractivity contribution in [2.24, 2.45) is 16.6 Å². The number of hydrogen-bond donors (Lipinski definition) is 2. The number of halogens is 1. The highest BCUT2D eigenvalue weighted by Gasteiger charge is 2.46. The van der Waals surface area contributed by atoms with Crippen molar-refractivity contribution in [2.75, 3.05) is 12.8 Å². The molecule has 166 valence electrons. The molecule has 1 unspecified atom stereocenters. The van der Waals surface area contributed by atoms with E-state index in [1.54, 1.807) is 30.5 Å². The third-order valence-corrected chi connectivity index (χ3v) is 7.32. The van der Waals surface area contributed by atoms with Crippen molar-refractivity contribution in [3.05, 3.63) is 76.2 Å². The number of rotatable bonds is 6. The molecule has 3 aromatic rings. The Morgan fingerprint density at radius 3 is 2.66 bits per heavy atom. The van der Waals surface area contributed by atoms with E-state index in [9.17, 15) is 9.18 Å². The zero-order chi connectivity index (χ0) is 22.9. The molecule has 1 aromatic heterocycles. The second-order valence-corrected chi connectivity index (χ2v) is 9.33. The minimum atomic E-state index is -0.765. The number of amides is 1. The Balaban J connectivity index is 1.62. The van der Waals surface area contributed by atoms with E-state index in [4.69, 9.17) is 16.5 Å². The lowest BCUT2D eigenvalue weighted by molar-refractivity contribution is -0.134. The van der Waals surface area contributed by atoms with Gasteiger partial charge in [-0.05, 0) is 78.6 Å². The van der Waals surface area contributed by atoms with E-state index < -0.39 is 5.54 Å². The number of nitrogens with zero attached hydrogens (tertiary/aromatic N) is 2. The number of nitrogen functional groups attached to an aromatic ring is 1. The first kappa shape index (κ1) is 22.0. The van der Waals surface area contributed by atoms with Crippen molar-refractivity contribution in [1.29, 1.82) is 0 Å². The third kappa shape index (κ3) is 4.25. The number of aliphatic imine (C=N–C) groups is 1. The topological polar surface area (TPSA) is 84.7 Å². The van der Waals surface area contributed by atoms with Crippen LogP contribution >= 0.6 is 11.3 Å². The molecule has 2 atom stereocenters. The molecule has 4 rings (SSSR count). The maximum absolute atomic E-state index is 13.5. The number of benzene rings is 2. The molecule has 1 aliphatic heterocycles. The van der Waals surface area contributed by atoms with Crippen LogP contribution in [0.5, 0.6) is 0 Å². The average Bonchev–Trinajstić information content (AvgIpc) is 3.26.